The fraction of sp³-hybridized carbons (Fsp3) is 0.900. The molecule has 0 aromatic carbocycles. The molecule has 0 aliphatic carbocycles. The standard InChI is InChI=1S/C10H23N3OS.HI/c1-11-10(13-7-8-14-2)12-6-4-5-9-15-3;/h4-9H2,1-3H3,(H2,11,12,13);1H. The predicted octanol–water partition coefficient (Wildman–Crippen LogP) is 1.56. The summed E-state index contributed by atoms with van der Waals surface area (Å²) in [5.41, 5.74) is 0. The summed E-state index contributed by atoms with van der Waals surface area (Å²) in [6.07, 6.45) is 4.58. The van der Waals surface area contributed by atoms with E-state index in [1.807, 2.05) is 11.8 Å². The van der Waals surface area contributed by atoms with Crippen molar-refractivity contribution in [3.05, 3.63) is 0 Å². The molecule has 0 amide bonds. The summed E-state index contributed by atoms with van der Waals surface area (Å²) in [6.45, 7) is 2.47. The zero-order chi connectivity index (χ0) is 11.4. The molecule has 0 aliphatic heterocycles. The number of halogens is 1. The van der Waals surface area contributed by atoms with E-state index in [4.69, 9.17) is 4.74 Å². The van der Waals surface area contributed by atoms with Crippen molar-refractivity contribution in [2.75, 3.05) is 45.9 Å². The van der Waals surface area contributed by atoms with Crippen molar-refractivity contribution in [2.24, 2.45) is 4.99 Å². The molecule has 0 spiro atoms. The van der Waals surface area contributed by atoms with Gasteiger partial charge >= 0.3 is 0 Å². The predicted molar refractivity (Wildman–Crippen MR) is 84.3 cm³/mol. The van der Waals surface area contributed by atoms with Gasteiger partial charge in [-0.15, -0.1) is 24.0 Å². The maximum Gasteiger partial charge on any atom is 0.191 e. The van der Waals surface area contributed by atoms with E-state index < -0.39 is 0 Å². The number of unbranched alkanes of at least 4 members (excludes halogenated alkanes) is 1. The van der Waals surface area contributed by atoms with Gasteiger partial charge in [-0.1, -0.05) is 0 Å². The van der Waals surface area contributed by atoms with Crippen LogP contribution in [0.15, 0.2) is 4.99 Å². The average molecular weight is 361 g/mol. The quantitative estimate of drug-likeness (QED) is 0.298. The van der Waals surface area contributed by atoms with Crippen molar-refractivity contribution in [3.63, 3.8) is 0 Å². The van der Waals surface area contributed by atoms with Gasteiger partial charge in [0.1, 0.15) is 0 Å². The normalized spacial score (nSPS) is 10.8. The molecule has 0 heterocycles. The molecule has 0 saturated carbocycles. The Morgan fingerprint density at radius 2 is 1.94 bits per heavy atom. The van der Waals surface area contributed by atoms with Gasteiger partial charge in [0.2, 0.25) is 0 Å². The second kappa shape index (κ2) is 15.3. The fourth-order valence-electron chi connectivity index (χ4n) is 1.07. The number of aliphatic imine (C=N–C) groups is 1. The molecular weight excluding hydrogens is 337 g/mol. The largest absolute Gasteiger partial charge is 0.383 e. The Kier molecular flexibility index (Phi) is 17.9. The zero-order valence-electron chi connectivity index (χ0n) is 10.4. The monoisotopic (exact) mass is 361 g/mol. The lowest BCUT2D eigenvalue weighted by atomic mass is 10.3. The second-order valence-electron chi connectivity index (χ2n) is 3.12. The van der Waals surface area contributed by atoms with Gasteiger partial charge in [-0.2, -0.15) is 11.8 Å². The molecule has 4 nitrogen and oxygen atoms in total. The minimum atomic E-state index is 0. The van der Waals surface area contributed by atoms with E-state index >= 15 is 0 Å². The van der Waals surface area contributed by atoms with Crippen LogP contribution < -0.4 is 10.6 Å². The zero-order valence-corrected chi connectivity index (χ0v) is 13.6. The number of thioether (sulfide) groups is 1. The summed E-state index contributed by atoms with van der Waals surface area (Å²) in [4.78, 5) is 4.11. The lowest BCUT2D eigenvalue weighted by Crippen LogP contribution is -2.39. The Morgan fingerprint density at radius 1 is 1.25 bits per heavy atom. The van der Waals surface area contributed by atoms with Gasteiger partial charge in [-0.3, -0.25) is 4.99 Å². The third kappa shape index (κ3) is 12.4. The summed E-state index contributed by atoms with van der Waals surface area (Å²) in [5, 5.41) is 6.43. The Hall–Kier alpha value is 0.310. The van der Waals surface area contributed by atoms with Gasteiger partial charge in [0.25, 0.3) is 0 Å². The van der Waals surface area contributed by atoms with Crippen molar-refractivity contribution in [1.82, 2.24) is 10.6 Å². The molecule has 0 fully saturated rings. The van der Waals surface area contributed by atoms with Crippen LogP contribution in [0.4, 0.5) is 0 Å². The SMILES string of the molecule is CN=C(NCCCCSC)NCCOC.I. The van der Waals surface area contributed by atoms with Crippen LogP contribution in [0.25, 0.3) is 0 Å². The molecule has 0 aliphatic rings. The summed E-state index contributed by atoms with van der Waals surface area (Å²) in [6, 6.07) is 0. The first-order chi connectivity index (χ1) is 7.35. The third-order valence-electron chi connectivity index (χ3n) is 1.89. The summed E-state index contributed by atoms with van der Waals surface area (Å²) < 4.78 is 4.95. The van der Waals surface area contributed by atoms with E-state index in [1.165, 1.54) is 18.6 Å². The van der Waals surface area contributed by atoms with Gasteiger partial charge < -0.3 is 15.4 Å². The number of hydrogen-bond acceptors (Lipinski definition) is 3. The number of nitrogens with one attached hydrogen (secondary N) is 2. The number of rotatable bonds is 8. The number of nitrogens with zero attached hydrogens (tertiary/aromatic N) is 1. The molecule has 0 radical (unpaired) electrons. The van der Waals surface area contributed by atoms with Crippen molar-refractivity contribution >= 4 is 41.7 Å². The van der Waals surface area contributed by atoms with E-state index in [0.717, 1.165) is 19.0 Å². The Morgan fingerprint density at radius 3 is 2.50 bits per heavy atom. The van der Waals surface area contributed by atoms with Gasteiger partial charge in [0, 0.05) is 27.2 Å². The van der Waals surface area contributed by atoms with Crippen molar-refractivity contribution in [2.45, 2.75) is 12.8 Å². The highest BCUT2D eigenvalue weighted by Crippen LogP contribution is 1.97. The maximum absolute atomic E-state index is 4.95. The molecule has 0 aromatic heterocycles. The van der Waals surface area contributed by atoms with E-state index in [0.29, 0.717) is 6.61 Å². The molecule has 0 atom stereocenters. The molecule has 98 valence electrons. The van der Waals surface area contributed by atoms with Crippen molar-refractivity contribution < 1.29 is 4.74 Å². The molecule has 16 heavy (non-hydrogen) atoms. The minimum absolute atomic E-state index is 0. The van der Waals surface area contributed by atoms with Crippen LogP contribution in [0.5, 0.6) is 0 Å². The van der Waals surface area contributed by atoms with Crippen molar-refractivity contribution in [1.29, 1.82) is 0 Å². The second-order valence-corrected chi connectivity index (χ2v) is 4.10. The van der Waals surface area contributed by atoms with Crippen molar-refractivity contribution in [3.8, 4) is 0 Å². The van der Waals surface area contributed by atoms with E-state index in [2.05, 4.69) is 21.9 Å². The highest BCUT2D eigenvalue weighted by atomic mass is 127. The molecule has 0 saturated heterocycles. The first kappa shape index (κ1) is 18.7. The summed E-state index contributed by atoms with van der Waals surface area (Å²) >= 11 is 1.89. The fourth-order valence-corrected chi connectivity index (χ4v) is 1.56. The first-order valence-corrected chi connectivity index (χ1v) is 6.67. The molecular formula is C10H24IN3OS. The van der Waals surface area contributed by atoms with Gasteiger partial charge in [-0.05, 0) is 24.9 Å². The lowest BCUT2D eigenvalue weighted by Gasteiger charge is -2.10. The number of hydrogen-bond donors (Lipinski definition) is 2. The summed E-state index contributed by atoms with van der Waals surface area (Å²) in [7, 11) is 3.48. The number of ether oxygens (including phenoxy) is 1. The van der Waals surface area contributed by atoms with Crippen LogP contribution in [0, 0.1) is 0 Å². The summed E-state index contributed by atoms with van der Waals surface area (Å²) in [5.74, 6) is 2.09. The highest BCUT2D eigenvalue weighted by Gasteiger charge is 1.95. The van der Waals surface area contributed by atoms with Gasteiger partial charge in [0.15, 0.2) is 5.96 Å². The van der Waals surface area contributed by atoms with Gasteiger partial charge in [0.05, 0.1) is 6.61 Å². The molecule has 2 N–H and O–H groups in total. The van der Waals surface area contributed by atoms with Crippen LogP contribution in [0.3, 0.4) is 0 Å². The number of methoxy groups -OCH3 is 1. The average Bonchev–Trinajstić information content (AvgIpc) is 2.26. The van der Waals surface area contributed by atoms with Crippen LogP contribution in [-0.2, 0) is 4.74 Å². The van der Waals surface area contributed by atoms with E-state index in [9.17, 15) is 0 Å². The lowest BCUT2D eigenvalue weighted by molar-refractivity contribution is 0.203. The van der Waals surface area contributed by atoms with Crippen LogP contribution in [0.1, 0.15) is 12.8 Å². The Balaban J connectivity index is 0. The van der Waals surface area contributed by atoms with Gasteiger partial charge in [-0.25, -0.2) is 0 Å². The maximum atomic E-state index is 4.95. The first-order valence-electron chi connectivity index (χ1n) is 5.27. The third-order valence-corrected chi connectivity index (χ3v) is 2.59. The topological polar surface area (TPSA) is 45.7 Å². The van der Waals surface area contributed by atoms with Crippen LogP contribution >= 0.6 is 35.7 Å². The van der Waals surface area contributed by atoms with Crippen LogP contribution in [-0.4, -0.2) is 51.8 Å². The molecule has 0 unspecified atom stereocenters. The Bertz CT molecular complexity index is 170. The van der Waals surface area contributed by atoms with Crippen LogP contribution in [0.2, 0.25) is 0 Å². The van der Waals surface area contributed by atoms with E-state index in [-0.39, 0.29) is 24.0 Å². The molecule has 0 rings (SSSR count). The molecule has 0 aromatic rings. The minimum Gasteiger partial charge on any atom is -0.383 e. The highest BCUT2D eigenvalue weighted by molar-refractivity contribution is 14.0. The molecule has 0 bridgehead atoms. The Labute approximate surface area is 120 Å². The smallest absolute Gasteiger partial charge is 0.191 e. The number of guanidine groups is 1. The molecule has 6 heteroatoms. The van der Waals surface area contributed by atoms with E-state index in [1.54, 1.807) is 14.2 Å².